The summed E-state index contributed by atoms with van der Waals surface area (Å²) in [5.74, 6) is 2.00. The van der Waals surface area contributed by atoms with E-state index >= 15 is 0 Å². The summed E-state index contributed by atoms with van der Waals surface area (Å²) in [7, 11) is 6.12. The minimum atomic E-state index is -0.487. The molecule has 0 bridgehead atoms. The maximum atomic E-state index is 12.4. The molecule has 0 fully saturated rings. The summed E-state index contributed by atoms with van der Waals surface area (Å²) in [6.07, 6.45) is 0. The summed E-state index contributed by atoms with van der Waals surface area (Å²) in [6, 6.07) is 6.80. The SMILES string of the molecule is COc1cc(OC)c2c(=O)oc3cc(OC)c(OC)cc3c2c1. The Morgan fingerprint density at radius 1 is 0.739 bits per heavy atom. The lowest BCUT2D eigenvalue weighted by atomic mass is 10.1. The zero-order valence-electron chi connectivity index (χ0n) is 13.3. The van der Waals surface area contributed by atoms with Crippen molar-refractivity contribution in [2.45, 2.75) is 0 Å². The molecule has 0 amide bonds. The number of benzene rings is 2. The molecule has 0 saturated carbocycles. The summed E-state index contributed by atoms with van der Waals surface area (Å²) >= 11 is 0. The number of fused-ring (bicyclic) bond motifs is 3. The van der Waals surface area contributed by atoms with Crippen LogP contribution in [-0.4, -0.2) is 28.4 Å². The molecule has 0 radical (unpaired) electrons. The van der Waals surface area contributed by atoms with Crippen molar-refractivity contribution < 1.29 is 23.4 Å². The van der Waals surface area contributed by atoms with Gasteiger partial charge >= 0.3 is 5.63 Å². The highest BCUT2D eigenvalue weighted by Gasteiger charge is 2.17. The molecule has 0 aliphatic heterocycles. The molecule has 3 aromatic rings. The maximum absolute atomic E-state index is 12.4. The Balaban J connectivity index is 2.52. The van der Waals surface area contributed by atoms with Crippen LogP contribution in [0.5, 0.6) is 23.0 Å². The third-order valence-corrected chi connectivity index (χ3v) is 3.71. The van der Waals surface area contributed by atoms with Gasteiger partial charge in [0.05, 0.1) is 28.4 Å². The van der Waals surface area contributed by atoms with E-state index in [9.17, 15) is 4.79 Å². The lowest BCUT2D eigenvalue weighted by molar-refractivity contribution is 0.355. The fourth-order valence-corrected chi connectivity index (χ4v) is 2.60. The van der Waals surface area contributed by atoms with E-state index in [1.165, 1.54) is 14.2 Å². The van der Waals surface area contributed by atoms with E-state index < -0.39 is 5.63 Å². The van der Waals surface area contributed by atoms with E-state index in [1.807, 2.05) is 0 Å². The molecule has 6 heteroatoms. The van der Waals surface area contributed by atoms with Gasteiger partial charge in [-0.3, -0.25) is 0 Å². The molecule has 0 aliphatic rings. The number of hydrogen-bond donors (Lipinski definition) is 0. The molecule has 3 rings (SSSR count). The van der Waals surface area contributed by atoms with Gasteiger partial charge in [0.15, 0.2) is 11.5 Å². The first-order valence-electron chi connectivity index (χ1n) is 6.87. The minimum Gasteiger partial charge on any atom is -0.497 e. The molecule has 23 heavy (non-hydrogen) atoms. The predicted molar refractivity (Wildman–Crippen MR) is 86.2 cm³/mol. The summed E-state index contributed by atoms with van der Waals surface area (Å²) in [5.41, 5.74) is -0.0883. The number of hydrogen-bond acceptors (Lipinski definition) is 6. The van der Waals surface area contributed by atoms with Crippen molar-refractivity contribution in [2.24, 2.45) is 0 Å². The van der Waals surface area contributed by atoms with E-state index in [0.717, 1.165) is 0 Å². The average molecular weight is 316 g/mol. The van der Waals surface area contributed by atoms with Crippen molar-refractivity contribution in [2.75, 3.05) is 28.4 Å². The van der Waals surface area contributed by atoms with Crippen LogP contribution >= 0.6 is 0 Å². The van der Waals surface area contributed by atoms with Crippen molar-refractivity contribution >= 4 is 21.7 Å². The Morgan fingerprint density at radius 2 is 1.39 bits per heavy atom. The zero-order chi connectivity index (χ0) is 16.6. The van der Waals surface area contributed by atoms with Crippen LogP contribution in [0.1, 0.15) is 0 Å². The molecular formula is C17H16O6. The first kappa shape index (κ1) is 15.0. The third kappa shape index (κ3) is 2.32. The van der Waals surface area contributed by atoms with Crippen LogP contribution < -0.4 is 24.6 Å². The predicted octanol–water partition coefficient (Wildman–Crippen LogP) is 2.98. The van der Waals surface area contributed by atoms with Crippen LogP contribution in [0.4, 0.5) is 0 Å². The van der Waals surface area contributed by atoms with Gasteiger partial charge in [-0.1, -0.05) is 0 Å². The molecular weight excluding hydrogens is 300 g/mol. The lowest BCUT2D eigenvalue weighted by Crippen LogP contribution is -2.03. The van der Waals surface area contributed by atoms with Gasteiger partial charge in [0.25, 0.3) is 0 Å². The summed E-state index contributed by atoms with van der Waals surface area (Å²) < 4.78 is 26.6. The summed E-state index contributed by atoms with van der Waals surface area (Å²) in [5, 5.41) is 1.72. The number of rotatable bonds is 4. The van der Waals surface area contributed by atoms with Crippen LogP contribution in [0.2, 0.25) is 0 Å². The highest BCUT2D eigenvalue weighted by Crippen LogP contribution is 2.38. The van der Waals surface area contributed by atoms with Gasteiger partial charge in [-0.2, -0.15) is 0 Å². The van der Waals surface area contributed by atoms with Gasteiger partial charge in [-0.15, -0.1) is 0 Å². The monoisotopic (exact) mass is 316 g/mol. The zero-order valence-corrected chi connectivity index (χ0v) is 13.3. The maximum Gasteiger partial charge on any atom is 0.347 e. The molecule has 2 aromatic carbocycles. The smallest absolute Gasteiger partial charge is 0.347 e. The first-order valence-corrected chi connectivity index (χ1v) is 6.87. The van der Waals surface area contributed by atoms with Gasteiger partial charge in [0.2, 0.25) is 0 Å². The lowest BCUT2D eigenvalue weighted by Gasteiger charge is -2.12. The van der Waals surface area contributed by atoms with E-state index in [2.05, 4.69) is 0 Å². The Bertz CT molecular complexity index is 941. The highest BCUT2D eigenvalue weighted by atomic mass is 16.5. The first-order chi connectivity index (χ1) is 11.1. The second-order valence-corrected chi connectivity index (χ2v) is 4.85. The molecule has 0 unspecified atom stereocenters. The minimum absolute atomic E-state index is 0.355. The Labute approximate surface area is 132 Å². The largest absolute Gasteiger partial charge is 0.497 e. The van der Waals surface area contributed by atoms with Crippen LogP contribution in [0.25, 0.3) is 21.7 Å². The van der Waals surface area contributed by atoms with Gasteiger partial charge < -0.3 is 23.4 Å². The molecule has 0 aliphatic carbocycles. The molecule has 0 saturated heterocycles. The van der Waals surface area contributed by atoms with Crippen molar-refractivity contribution in [1.82, 2.24) is 0 Å². The van der Waals surface area contributed by atoms with Crippen LogP contribution in [-0.2, 0) is 0 Å². The molecule has 0 N–H and O–H groups in total. The molecule has 0 spiro atoms. The van der Waals surface area contributed by atoms with Gasteiger partial charge in [-0.25, -0.2) is 4.79 Å². The van der Waals surface area contributed by atoms with E-state index in [4.69, 9.17) is 23.4 Å². The average Bonchev–Trinajstić information content (AvgIpc) is 2.59. The Morgan fingerprint density at radius 3 is 2.00 bits per heavy atom. The quantitative estimate of drug-likeness (QED) is 0.544. The second kappa shape index (κ2) is 5.72. The Hall–Kier alpha value is -2.89. The van der Waals surface area contributed by atoms with E-state index in [1.54, 1.807) is 38.5 Å². The Kier molecular flexibility index (Phi) is 3.73. The van der Waals surface area contributed by atoms with Crippen LogP contribution in [0.3, 0.4) is 0 Å². The van der Waals surface area contributed by atoms with E-state index in [0.29, 0.717) is 44.7 Å². The van der Waals surface area contributed by atoms with Gasteiger partial charge in [0, 0.05) is 22.9 Å². The normalized spacial score (nSPS) is 10.8. The fourth-order valence-electron chi connectivity index (χ4n) is 2.60. The molecule has 6 nitrogen and oxygen atoms in total. The molecule has 0 atom stereocenters. The molecule has 120 valence electrons. The highest BCUT2D eigenvalue weighted by molar-refractivity contribution is 6.08. The second-order valence-electron chi connectivity index (χ2n) is 4.85. The molecule has 1 heterocycles. The van der Waals surface area contributed by atoms with Crippen molar-refractivity contribution in [1.29, 1.82) is 0 Å². The molecule has 1 aromatic heterocycles. The fraction of sp³-hybridized carbons (Fsp3) is 0.235. The topological polar surface area (TPSA) is 67.1 Å². The van der Waals surface area contributed by atoms with Crippen LogP contribution in [0.15, 0.2) is 33.5 Å². The number of methoxy groups -OCH3 is 4. The van der Waals surface area contributed by atoms with Gasteiger partial charge in [-0.05, 0) is 12.1 Å². The van der Waals surface area contributed by atoms with Gasteiger partial charge in [0.1, 0.15) is 22.5 Å². The summed E-state index contributed by atoms with van der Waals surface area (Å²) in [4.78, 5) is 12.4. The third-order valence-electron chi connectivity index (χ3n) is 3.71. The van der Waals surface area contributed by atoms with E-state index in [-0.39, 0.29) is 0 Å². The standard InChI is InChI=1S/C17H16O6/c1-19-9-5-11-10-7-13(20-2)14(21-3)8-12(10)23-17(18)16(11)15(6-9)22-4/h5-8H,1-4H3. The van der Waals surface area contributed by atoms with Crippen molar-refractivity contribution in [3.8, 4) is 23.0 Å². The summed E-state index contributed by atoms with van der Waals surface area (Å²) in [6.45, 7) is 0. The van der Waals surface area contributed by atoms with Crippen molar-refractivity contribution in [3.05, 3.63) is 34.7 Å². The van der Waals surface area contributed by atoms with Crippen molar-refractivity contribution in [3.63, 3.8) is 0 Å². The number of ether oxygens (including phenoxy) is 4. The van der Waals surface area contributed by atoms with Crippen LogP contribution in [0, 0.1) is 0 Å².